The van der Waals surface area contributed by atoms with Crippen molar-refractivity contribution in [3.63, 3.8) is 0 Å². The molecule has 0 aliphatic rings. The standard InChI is InChI=1S/C15H12BrFO2/c1-19-11-6-7-13(16)12(9-11)15(18)8-10-4-2-3-5-14(10)17/h2-7,9H,8H2,1H3. The lowest BCUT2D eigenvalue weighted by Gasteiger charge is -2.07. The summed E-state index contributed by atoms with van der Waals surface area (Å²) in [6.07, 6.45) is 0.0262. The molecule has 2 aromatic rings. The maximum absolute atomic E-state index is 13.5. The van der Waals surface area contributed by atoms with Gasteiger partial charge in [-0.3, -0.25) is 4.79 Å². The molecule has 0 amide bonds. The third kappa shape index (κ3) is 3.20. The number of methoxy groups -OCH3 is 1. The number of benzene rings is 2. The smallest absolute Gasteiger partial charge is 0.168 e. The molecule has 0 aliphatic carbocycles. The molecule has 0 saturated carbocycles. The summed E-state index contributed by atoms with van der Waals surface area (Å²) in [5, 5.41) is 0. The van der Waals surface area contributed by atoms with Gasteiger partial charge in [0.2, 0.25) is 0 Å². The van der Waals surface area contributed by atoms with Gasteiger partial charge in [0.05, 0.1) is 7.11 Å². The van der Waals surface area contributed by atoms with Gasteiger partial charge in [-0.25, -0.2) is 4.39 Å². The lowest BCUT2D eigenvalue weighted by Crippen LogP contribution is -2.06. The molecule has 2 nitrogen and oxygen atoms in total. The molecule has 2 aromatic carbocycles. The summed E-state index contributed by atoms with van der Waals surface area (Å²) in [5.74, 6) is 0.0748. The Bertz CT molecular complexity index is 611. The van der Waals surface area contributed by atoms with Crippen LogP contribution in [-0.2, 0) is 6.42 Å². The second kappa shape index (κ2) is 5.97. The molecule has 0 N–H and O–H groups in total. The van der Waals surface area contributed by atoms with E-state index in [1.807, 2.05) is 0 Å². The summed E-state index contributed by atoms with van der Waals surface area (Å²) in [5.41, 5.74) is 0.879. The number of carbonyl (C=O) groups is 1. The van der Waals surface area contributed by atoms with E-state index in [1.54, 1.807) is 36.4 Å². The second-order valence-electron chi connectivity index (χ2n) is 4.04. The SMILES string of the molecule is COc1ccc(Br)c(C(=O)Cc2ccccc2F)c1. The van der Waals surface area contributed by atoms with Crippen molar-refractivity contribution in [3.05, 3.63) is 63.9 Å². The van der Waals surface area contributed by atoms with E-state index in [-0.39, 0.29) is 18.0 Å². The third-order valence-electron chi connectivity index (χ3n) is 2.78. The number of halogens is 2. The van der Waals surface area contributed by atoms with Crippen LogP contribution in [0.25, 0.3) is 0 Å². The van der Waals surface area contributed by atoms with E-state index in [4.69, 9.17) is 4.74 Å². The first-order valence-electron chi connectivity index (χ1n) is 5.72. The van der Waals surface area contributed by atoms with Gasteiger partial charge in [0.25, 0.3) is 0 Å². The summed E-state index contributed by atoms with van der Waals surface area (Å²) in [4.78, 5) is 12.2. The van der Waals surface area contributed by atoms with Crippen molar-refractivity contribution in [1.82, 2.24) is 0 Å². The van der Waals surface area contributed by atoms with E-state index in [0.29, 0.717) is 21.3 Å². The summed E-state index contributed by atoms with van der Waals surface area (Å²) >= 11 is 3.32. The van der Waals surface area contributed by atoms with Crippen molar-refractivity contribution < 1.29 is 13.9 Å². The molecule has 0 fully saturated rings. The number of rotatable bonds is 4. The Morgan fingerprint density at radius 3 is 2.68 bits per heavy atom. The molecule has 0 saturated heterocycles. The normalized spacial score (nSPS) is 10.3. The highest BCUT2D eigenvalue weighted by Gasteiger charge is 2.14. The molecule has 4 heteroatoms. The minimum absolute atomic E-state index is 0.0262. The first-order valence-corrected chi connectivity index (χ1v) is 6.51. The molecule has 0 radical (unpaired) electrons. The monoisotopic (exact) mass is 322 g/mol. The number of Topliss-reactive ketones (excluding diaryl/α,β-unsaturated/α-hetero) is 1. The zero-order chi connectivity index (χ0) is 13.8. The highest BCUT2D eigenvalue weighted by Crippen LogP contribution is 2.24. The zero-order valence-electron chi connectivity index (χ0n) is 10.3. The van der Waals surface area contributed by atoms with Crippen molar-refractivity contribution in [2.75, 3.05) is 7.11 Å². The fourth-order valence-corrected chi connectivity index (χ4v) is 2.22. The largest absolute Gasteiger partial charge is 0.497 e. The molecule has 0 aliphatic heterocycles. The number of ketones is 1. The van der Waals surface area contributed by atoms with Gasteiger partial charge in [0, 0.05) is 16.5 Å². The van der Waals surface area contributed by atoms with Crippen molar-refractivity contribution in [1.29, 1.82) is 0 Å². The van der Waals surface area contributed by atoms with Gasteiger partial charge in [0.1, 0.15) is 11.6 Å². The fourth-order valence-electron chi connectivity index (χ4n) is 1.76. The van der Waals surface area contributed by atoms with Crippen LogP contribution in [0.5, 0.6) is 5.75 Å². The predicted octanol–water partition coefficient (Wildman–Crippen LogP) is 4.02. The molecule has 0 aromatic heterocycles. The van der Waals surface area contributed by atoms with Crippen LogP contribution in [0.2, 0.25) is 0 Å². The van der Waals surface area contributed by atoms with E-state index < -0.39 is 0 Å². The van der Waals surface area contributed by atoms with Crippen LogP contribution < -0.4 is 4.74 Å². The van der Waals surface area contributed by atoms with Crippen molar-refractivity contribution in [2.24, 2.45) is 0 Å². The van der Waals surface area contributed by atoms with Crippen LogP contribution in [0, 0.1) is 5.82 Å². The Morgan fingerprint density at radius 1 is 1.26 bits per heavy atom. The van der Waals surface area contributed by atoms with Crippen molar-refractivity contribution >= 4 is 21.7 Å². The molecule has 0 atom stereocenters. The van der Waals surface area contributed by atoms with Gasteiger partial charge in [-0.05, 0) is 29.8 Å². The van der Waals surface area contributed by atoms with Crippen LogP contribution in [0.1, 0.15) is 15.9 Å². The highest BCUT2D eigenvalue weighted by atomic mass is 79.9. The molecule has 0 spiro atoms. The van der Waals surface area contributed by atoms with Gasteiger partial charge in [-0.1, -0.05) is 34.1 Å². The van der Waals surface area contributed by atoms with Gasteiger partial charge in [-0.2, -0.15) is 0 Å². The lowest BCUT2D eigenvalue weighted by atomic mass is 10.0. The zero-order valence-corrected chi connectivity index (χ0v) is 11.9. The van der Waals surface area contributed by atoms with Gasteiger partial charge in [0.15, 0.2) is 5.78 Å². The van der Waals surface area contributed by atoms with E-state index in [1.165, 1.54) is 13.2 Å². The third-order valence-corrected chi connectivity index (χ3v) is 3.47. The van der Waals surface area contributed by atoms with Gasteiger partial charge in [-0.15, -0.1) is 0 Å². The Labute approximate surface area is 119 Å². The summed E-state index contributed by atoms with van der Waals surface area (Å²) in [7, 11) is 1.54. The average molecular weight is 323 g/mol. The maximum Gasteiger partial charge on any atom is 0.168 e. The van der Waals surface area contributed by atoms with Crippen LogP contribution in [0.15, 0.2) is 46.9 Å². The molecule has 19 heavy (non-hydrogen) atoms. The minimum atomic E-state index is -0.366. The fraction of sp³-hybridized carbons (Fsp3) is 0.133. The molecular formula is C15H12BrFO2. The Hall–Kier alpha value is -1.68. The first kappa shape index (κ1) is 13.7. The predicted molar refractivity (Wildman–Crippen MR) is 75.1 cm³/mol. The van der Waals surface area contributed by atoms with E-state index in [0.717, 1.165) is 0 Å². The topological polar surface area (TPSA) is 26.3 Å². The maximum atomic E-state index is 13.5. The quantitative estimate of drug-likeness (QED) is 0.795. The molecule has 0 unspecified atom stereocenters. The second-order valence-corrected chi connectivity index (χ2v) is 4.89. The number of ether oxygens (including phenoxy) is 1. The van der Waals surface area contributed by atoms with Crippen LogP contribution in [-0.4, -0.2) is 12.9 Å². The van der Waals surface area contributed by atoms with E-state index in [9.17, 15) is 9.18 Å². The summed E-state index contributed by atoms with van der Waals surface area (Å²) in [6, 6.07) is 11.4. The van der Waals surface area contributed by atoms with Crippen LogP contribution >= 0.6 is 15.9 Å². The number of hydrogen-bond acceptors (Lipinski definition) is 2. The Kier molecular flexibility index (Phi) is 4.32. The van der Waals surface area contributed by atoms with Crippen LogP contribution in [0.4, 0.5) is 4.39 Å². The van der Waals surface area contributed by atoms with Gasteiger partial charge < -0.3 is 4.74 Å². The molecule has 0 heterocycles. The van der Waals surface area contributed by atoms with Gasteiger partial charge >= 0.3 is 0 Å². The Balaban J connectivity index is 2.28. The number of carbonyl (C=O) groups excluding carboxylic acids is 1. The van der Waals surface area contributed by atoms with Crippen molar-refractivity contribution in [2.45, 2.75) is 6.42 Å². The Morgan fingerprint density at radius 2 is 2.00 bits per heavy atom. The lowest BCUT2D eigenvalue weighted by molar-refractivity contribution is 0.0990. The first-order chi connectivity index (χ1) is 9.11. The molecule has 2 rings (SSSR count). The summed E-state index contributed by atoms with van der Waals surface area (Å²) < 4.78 is 19.3. The van der Waals surface area contributed by atoms with E-state index >= 15 is 0 Å². The highest BCUT2D eigenvalue weighted by molar-refractivity contribution is 9.10. The van der Waals surface area contributed by atoms with E-state index in [2.05, 4.69) is 15.9 Å². The molecule has 98 valence electrons. The molecule has 0 bridgehead atoms. The number of hydrogen-bond donors (Lipinski definition) is 0. The molecular weight excluding hydrogens is 311 g/mol. The minimum Gasteiger partial charge on any atom is -0.497 e. The van der Waals surface area contributed by atoms with Crippen LogP contribution in [0.3, 0.4) is 0 Å². The van der Waals surface area contributed by atoms with Crippen molar-refractivity contribution in [3.8, 4) is 5.75 Å². The summed E-state index contributed by atoms with van der Waals surface area (Å²) in [6.45, 7) is 0. The average Bonchev–Trinajstić information content (AvgIpc) is 2.42.